The Hall–Kier alpha value is -1.89. The van der Waals surface area contributed by atoms with E-state index in [4.69, 9.17) is 5.84 Å². The number of nitrogens with one attached hydrogen (secondary N) is 3. The average molecular weight is 289 g/mol. The molecule has 1 fully saturated rings. The Morgan fingerprint density at radius 1 is 1.33 bits per heavy atom. The molecule has 1 aliphatic carbocycles. The van der Waals surface area contributed by atoms with Crippen molar-refractivity contribution in [1.29, 1.82) is 0 Å². The van der Waals surface area contributed by atoms with Gasteiger partial charge in [0.1, 0.15) is 5.82 Å². The van der Waals surface area contributed by atoms with Crippen molar-refractivity contribution in [1.82, 2.24) is 20.2 Å². The second-order valence-electron chi connectivity index (χ2n) is 5.73. The quantitative estimate of drug-likeness (QED) is 0.497. The maximum atomic E-state index is 5.45. The van der Waals surface area contributed by atoms with Crippen molar-refractivity contribution in [2.24, 2.45) is 11.8 Å². The first-order valence-corrected chi connectivity index (χ1v) is 7.76. The van der Waals surface area contributed by atoms with Crippen LogP contribution >= 0.6 is 0 Å². The maximum absolute atomic E-state index is 5.45. The van der Waals surface area contributed by atoms with Crippen LogP contribution in [0.25, 0.3) is 11.0 Å². The van der Waals surface area contributed by atoms with Gasteiger partial charge in [-0.15, -0.1) is 0 Å². The third kappa shape index (κ3) is 2.92. The molecule has 114 valence electrons. The van der Waals surface area contributed by atoms with E-state index >= 15 is 0 Å². The van der Waals surface area contributed by atoms with Gasteiger partial charge in [0.15, 0.2) is 5.65 Å². The normalized spacial score (nSPS) is 17.8. The Kier molecular flexibility index (Phi) is 4.19. The van der Waals surface area contributed by atoms with Crippen molar-refractivity contribution >= 4 is 22.8 Å². The molecule has 1 saturated carbocycles. The zero-order valence-electron chi connectivity index (χ0n) is 12.4. The number of anilines is 2. The molecule has 5 N–H and O–H groups in total. The van der Waals surface area contributed by atoms with E-state index < -0.39 is 0 Å². The minimum atomic E-state index is 0.396. The molecule has 0 bridgehead atoms. The zero-order chi connectivity index (χ0) is 14.7. The summed E-state index contributed by atoms with van der Waals surface area (Å²) in [6.07, 6.45) is 9.48. The SMILES string of the molecule is CCC(Nc1nc(NN)nc2[nH]ncc12)C1CCCCC1. The first kappa shape index (κ1) is 14.1. The van der Waals surface area contributed by atoms with Gasteiger partial charge in [-0.1, -0.05) is 26.2 Å². The van der Waals surface area contributed by atoms with Gasteiger partial charge in [-0.05, 0) is 25.2 Å². The van der Waals surface area contributed by atoms with Crippen molar-refractivity contribution in [3.05, 3.63) is 6.20 Å². The molecule has 1 aliphatic rings. The van der Waals surface area contributed by atoms with E-state index in [2.05, 4.69) is 37.8 Å². The Labute approximate surface area is 124 Å². The minimum absolute atomic E-state index is 0.396. The summed E-state index contributed by atoms with van der Waals surface area (Å²) in [6.45, 7) is 2.22. The number of hydrazine groups is 1. The van der Waals surface area contributed by atoms with Gasteiger partial charge < -0.3 is 5.32 Å². The lowest BCUT2D eigenvalue weighted by Crippen LogP contribution is -2.30. The third-order valence-corrected chi connectivity index (χ3v) is 4.42. The van der Waals surface area contributed by atoms with Crippen molar-refractivity contribution in [2.45, 2.75) is 51.5 Å². The number of rotatable bonds is 5. The summed E-state index contributed by atoms with van der Waals surface area (Å²) >= 11 is 0. The summed E-state index contributed by atoms with van der Waals surface area (Å²) in [5.74, 6) is 7.37. The molecule has 0 aliphatic heterocycles. The summed E-state index contributed by atoms with van der Waals surface area (Å²) < 4.78 is 0. The summed E-state index contributed by atoms with van der Waals surface area (Å²) in [5, 5.41) is 11.4. The molecule has 7 heteroatoms. The second kappa shape index (κ2) is 6.26. The highest BCUT2D eigenvalue weighted by molar-refractivity contribution is 5.87. The van der Waals surface area contributed by atoms with E-state index in [9.17, 15) is 0 Å². The summed E-state index contributed by atoms with van der Waals surface area (Å²) in [6, 6.07) is 0.434. The third-order valence-electron chi connectivity index (χ3n) is 4.42. The monoisotopic (exact) mass is 289 g/mol. The number of hydrogen-bond acceptors (Lipinski definition) is 6. The molecule has 3 rings (SSSR count). The highest BCUT2D eigenvalue weighted by atomic mass is 15.3. The average Bonchev–Trinajstić information content (AvgIpc) is 3.01. The fourth-order valence-corrected chi connectivity index (χ4v) is 3.27. The zero-order valence-corrected chi connectivity index (χ0v) is 12.4. The van der Waals surface area contributed by atoms with E-state index in [1.54, 1.807) is 6.20 Å². The number of aromatic amines is 1. The van der Waals surface area contributed by atoms with Crippen LogP contribution < -0.4 is 16.6 Å². The Balaban J connectivity index is 1.86. The lowest BCUT2D eigenvalue weighted by Gasteiger charge is -2.30. The smallest absolute Gasteiger partial charge is 0.241 e. The van der Waals surface area contributed by atoms with Crippen LogP contribution in [0.4, 0.5) is 11.8 Å². The van der Waals surface area contributed by atoms with Crippen molar-refractivity contribution in [2.75, 3.05) is 10.7 Å². The van der Waals surface area contributed by atoms with Crippen LogP contribution in [-0.2, 0) is 0 Å². The van der Waals surface area contributed by atoms with Gasteiger partial charge in [0.2, 0.25) is 5.95 Å². The maximum Gasteiger partial charge on any atom is 0.241 e. The van der Waals surface area contributed by atoms with E-state index in [0.29, 0.717) is 17.6 Å². The standard InChI is InChI=1S/C14H23N7/c1-2-11(9-6-4-3-5-7-9)17-12-10-8-16-21-13(10)19-14(18-12)20-15/h8-9,11H,2-7,15H2,1H3,(H3,16,17,18,19,20,21). The fraction of sp³-hybridized carbons (Fsp3) is 0.643. The molecule has 0 saturated heterocycles. The minimum Gasteiger partial charge on any atom is -0.366 e. The molecule has 0 aromatic carbocycles. The molecule has 0 radical (unpaired) electrons. The molecular weight excluding hydrogens is 266 g/mol. The number of hydrogen-bond donors (Lipinski definition) is 4. The summed E-state index contributed by atoms with van der Waals surface area (Å²) in [5.41, 5.74) is 3.20. The number of H-pyrrole nitrogens is 1. The summed E-state index contributed by atoms with van der Waals surface area (Å²) in [7, 11) is 0. The first-order valence-electron chi connectivity index (χ1n) is 7.76. The molecule has 1 atom stereocenters. The predicted octanol–water partition coefficient (Wildman–Crippen LogP) is 2.41. The van der Waals surface area contributed by atoms with Crippen LogP contribution in [0.15, 0.2) is 6.20 Å². The van der Waals surface area contributed by atoms with Gasteiger partial charge >= 0.3 is 0 Å². The van der Waals surface area contributed by atoms with Gasteiger partial charge in [-0.3, -0.25) is 10.5 Å². The Bertz CT molecular complexity index is 588. The van der Waals surface area contributed by atoms with Gasteiger partial charge in [0.05, 0.1) is 11.6 Å². The Morgan fingerprint density at radius 2 is 2.14 bits per heavy atom. The molecule has 0 spiro atoms. The Morgan fingerprint density at radius 3 is 2.86 bits per heavy atom. The van der Waals surface area contributed by atoms with E-state index in [1.807, 2.05) is 0 Å². The number of fused-ring (bicyclic) bond motifs is 1. The number of aromatic nitrogens is 4. The highest BCUT2D eigenvalue weighted by Crippen LogP contribution is 2.30. The van der Waals surface area contributed by atoms with Gasteiger partial charge in [0, 0.05) is 6.04 Å². The molecule has 7 nitrogen and oxygen atoms in total. The molecular formula is C14H23N7. The number of nitrogen functional groups attached to an aromatic ring is 1. The largest absolute Gasteiger partial charge is 0.366 e. The van der Waals surface area contributed by atoms with Crippen LogP contribution in [0.1, 0.15) is 45.4 Å². The second-order valence-corrected chi connectivity index (χ2v) is 5.73. The molecule has 0 amide bonds. The van der Waals surface area contributed by atoms with Crippen LogP contribution in [0, 0.1) is 5.92 Å². The lowest BCUT2D eigenvalue weighted by atomic mass is 9.83. The van der Waals surface area contributed by atoms with E-state index in [1.165, 1.54) is 32.1 Å². The summed E-state index contributed by atoms with van der Waals surface area (Å²) in [4.78, 5) is 8.71. The van der Waals surface area contributed by atoms with Crippen LogP contribution in [0.3, 0.4) is 0 Å². The predicted molar refractivity (Wildman–Crippen MR) is 83.8 cm³/mol. The van der Waals surface area contributed by atoms with E-state index in [-0.39, 0.29) is 0 Å². The lowest BCUT2D eigenvalue weighted by molar-refractivity contribution is 0.313. The molecule has 21 heavy (non-hydrogen) atoms. The van der Waals surface area contributed by atoms with Gasteiger partial charge in [-0.2, -0.15) is 15.1 Å². The first-order chi connectivity index (χ1) is 10.3. The molecule has 2 aromatic rings. The molecule has 2 aromatic heterocycles. The van der Waals surface area contributed by atoms with Gasteiger partial charge in [-0.25, -0.2) is 5.84 Å². The van der Waals surface area contributed by atoms with Gasteiger partial charge in [0.25, 0.3) is 0 Å². The van der Waals surface area contributed by atoms with Crippen molar-refractivity contribution < 1.29 is 0 Å². The van der Waals surface area contributed by atoms with Crippen LogP contribution in [0.2, 0.25) is 0 Å². The van der Waals surface area contributed by atoms with E-state index in [0.717, 1.165) is 23.5 Å². The van der Waals surface area contributed by atoms with Crippen LogP contribution in [0.5, 0.6) is 0 Å². The fourth-order valence-electron chi connectivity index (χ4n) is 3.27. The molecule has 2 heterocycles. The number of nitrogens with two attached hydrogens (primary N) is 1. The van der Waals surface area contributed by atoms with Crippen molar-refractivity contribution in [3.8, 4) is 0 Å². The number of nitrogens with zero attached hydrogens (tertiary/aromatic N) is 3. The topological polar surface area (TPSA) is 105 Å². The van der Waals surface area contributed by atoms with Crippen molar-refractivity contribution in [3.63, 3.8) is 0 Å². The van der Waals surface area contributed by atoms with Crippen LogP contribution in [-0.4, -0.2) is 26.2 Å². The highest BCUT2D eigenvalue weighted by Gasteiger charge is 2.23. The molecule has 1 unspecified atom stereocenters.